The van der Waals surface area contributed by atoms with Crippen LogP contribution in [0.3, 0.4) is 0 Å². The highest BCUT2D eigenvalue weighted by Gasteiger charge is 2.14. The molecule has 0 amide bonds. The third-order valence-corrected chi connectivity index (χ3v) is 1.84. The second kappa shape index (κ2) is 1.95. The number of piperidine rings is 1. The number of rotatable bonds is 0. The number of hydrogen-bond acceptors (Lipinski definition) is 2. The zero-order chi connectivity index (χ0) is 6.10. The Balaban J connectivity index is 2.22. The summed E-state index contributed by atoms with van der Waals surface area (Å²) < 4.78 is 0. The monoisotopic (exact) mass is 122 g/mol. The molecular weight excluding hydrogens is 112 g/mol. The standard InChI is InChI=1S/C7H10N2/c1-4-9-7-2-3-8-5-6(1)7/h1,8H,2-5H2. The molecule has 9 heavy (non-hydrogen) atoms. The Bertz CT molecular complexity index is 159. The summed E-state index contributed by atoms with van der Waals surface area (Å²) in [5.74, 6) is 0. The van der Waals surface area contributed by atoms with E-state index in [1.165, 1.54) is 11.3 Å². The van der Waals surface area contributed by atoms with Crippen LogP contribution in [0.2, 0.25) is 0 Å². The molecule has 0 unspecified atom stereocenters. The highest BCUT2D eigenvalue weighted by molar-refractivity contribution is 6.02. The van der Waals surface area contributed by atoms with Crippen molar-refractivity contribution in [2.75, 3.05) is 19.6 Å². The van der Waals surface area contributed by atoms with Crippen LogP contribution < -0.4 is 5.32 Å². The largest absolute Gasteiger partial charge is 0.312 e. The third-order valence-electron chi connectivity index (χ3n) is 1.84. The number of nitrogens with one attached hydrogen (secondary N) is 1. The summed E-state index contributed by atoms with van der Waals surface area (Å²) in [5.41, 5.74) is 2.77. The maximum atomic E-state index is 4.34. The van der Waals surface area contributed by atoms with E-state index in [0.717, 1.165) is 26.1 Å². The van der Waals surface area contributed by atoms with Crippen molar-refractivity contribution < 1.29 is 0 Å². The van der Waals surface area contributed by atoms with Gasteiger partial charge in [0.25, 0.3) is 0 Å². The van der Waals surface area contributed by atoms with Crippen molar-refractivity contribution >= 4 is 5.71 Å². The molecule has 1 saturated heterocycles. The average molecular weight is 122 g/mol. The van der Waals surface area contributed by atoms with Crippen LogP contribution >= 0.6 is 0 Å². The van der Waals surface area contributed by atoms with Crippen LogP contribution in [0.4, 0.5) is 0 Å². The molecule has 0 atom stereocenters. The first-order valence-corrected chi connectivity index (χ1v) is 3.40. The van der Waals surface area contributed by atoms with E-state index in [4.69, 9.17) is 0 Å². The van der Waals surface area contributed by atoms with Gasteiger partial charge in [-0.15, -0.1) is 0 Å². The van der Waals surface area contributed by atoms with Gasteiger partial charge in [0.1, 0.15) is 0 Å². The predicted molar refractivity (Wildman–Crippen MR) is 37.9 cm³/mol. The summed E-state index contributed by atoms with van der Waals surface area (Å²) in [6.45, 7) is 3.07. The fourth-order valence-electron chi connectivity index (χ4n) is 1.33. The lowest BCUT2D eigenvalue weighted by Gasteiger charge is -2.14. The topological polar surface area (TPSA) is 24.4 Å². The first-order chi connectivity index (χ1) is 4.47. The van der Waals surface area contributed by atoms with E-state index >= 15 is 0 Å². The molecule has 0 bridgehead atoms. The first-order valence-electron chi connectivity index (χ1n) is 3.40. The normalized spacial score (nSPS) is 24.9. The van der Waals surface area contributed by atoms with Gasteiger partial charge < -0.3 is 5.32 Å². The van der Waals surface area contributed by atoms with E-state index in [1.54, 1.807) is 0 Å². The van der Waals surface area contributed by atoms with Gasteiger partial charge in [0.15, 0.2) is 0 Å². The maximum absolute atomic E-state index is 4.34. The Morgan fingerprint density at radius 3 is 3.44 bits per heavy atom. The molecule has 0 spiro atoms. The van der Waals surface area contributed by atoms with Crippen molar-refractivity contribution in [3.05, 3.63) is 11.6 Å². The molecule has 2 rings (SSSR count). The van der Waals surface area contributed by atoms with Crippen molar-refractivity contribution in [3.63, 3.8) is 0 Å². The van der Waals surface area contributed by atoms with Gasteiger partial charge in [-0.25, -0.2) is 0 Å². The molecule has 1 fully saturated rings. The van der Waals surface area contributed by atoms with Gasteiger partial charge in [0, 0.05) is 25.2 Å². The van der Waals surface area contributed by atoms with Gasteiger partial charge in [0.2, 0.25) is 0 Å². The van der Waals surface area contributed by atoms with Gasteiger partial charge in [0.05, 0.1) is 6.54 Å². The molecule has 2 aliphatic heterocycles. The van der Waals surface area contributed by atoms with E-state index in [2.05, 4.69) is 16.4 Å². The van der Waals surface area contributed by atoms with Gasteiger partial charge in [-0.3, -0.25) is 4.99 Å². The van der Waals surface area contributed by atoms with Crippen LogP contribution in [0.1, 0.15) is 6.42 Å². The van der Waals surface area contributed by atoms with Crippen LogP contribution in [0, 0.1) is 0 Å². The summed E-state index contributed by atoms with van der Waals surface area (Å²) in [4.78, 5) is 4.34. The van der Waals surface area contributed by atoms with Gasteiger partial charge >= 0.3 is 0 Å². The second-order valence-corrected chi connectivity index (χ2v) is 2.44. The zero-order valence-electron chi connectivity index (χ0n) is 5.35. The minimum atomic E-state index is 0.923. The first kappa shape index (κ1) is 5.18. The van der Waals surface area contributed by atoms with Crippen molar-refractivity contribution in [1.29, 1.82) is 0 Å². The smallest absolute Gasteiger partial charge is 0.0580 e. The predicted octanol–water partition coefficient (Wildman–Crippen LogP) is 0.361. The third kappa shape index (κ3) is 0.793. The van der Waals surface area contributed by atoms with Crippen molar-refractivity contribution in [2.24, 2.45) is 4.99 Å². The van der Waals surface area contributed by atoms with E-state index in [0.29, 0.717) is 0 Å². The number of aliphatic imine (C=N–C) groups is 1. The molecular formula is C7H10N2. The Kier molecular flexibility index (Phi) is 1.12. The summed E-state index contributed by atoms with van der Waals surface area (Å²) in [7, 11) is 0. The summed E-state index contributed by atoms with van der Waals surface area (Å²) in [5, 5.41) is 3.31. The molecule has 2 nitrogen and oxygen atoms in total. The van der Waals surface area contributed by atoms with Gasteiger partial charge in [-0.05, 0) is 5.57 Å². The van der Waals surface area contributed by atoms with Crippen molar-refractivity contribution in [1.82, 2.24) is 5.32 Å². The number of nitrogens with zero attached hydrogens (tertiary/aromatic N) is 1. The van der Waals surface area contributed by atoms with Crippen LogP contribution in [-0.4, -0.2) is 25.3 Å². The lowest BCUT2D eigenvalue weighted by atomic mass is 10.1. The number of fused-ring (bicyclic) bond motifs is 1. The SMILES string of the molecule is C1=C2CNCCC2=NC1. The molecule has 2 heterocycles. The molecule has 0 aromatic heterocycles. The molecule has 1 N–H and O–H groups in total. The minimum Gasteiger partial charge on any atom is -0.312 e. The second-order valence-electron chi connectivity index (χ2n) is 2.44. The Morgan fingerprint density at radius 1 is 1.56 bits per heavy atom. The van der Waals surface area contributed by atoms with E-state index in [9.17, 15) is 0 Å². The van der Waals surface area contributed by atoms with Gasteiger partial charge in [-0.1, -0.05) is 6.08 Å². The molecule has 0 aliphatic carbocycles. The molecule has 0 saturated carbocycles. The summed E-state index contributed by atoms with van der Waals surface area (Å²) in [6.07, 6.45) is 3.34. The lowest BCUT2D eigenvalue weighted by molar-refractivity contribution is 0.733. The van der Waals surface area contributed by atoms with Crippen molar-refractivity contribution in [3.8, 4) is 0 Å². The molecule has 0 radical (unpaired) electrons. The Hall–Kier alpha value is -0.630. The fourth-order valence-corrected chi connectivity index (χ4v) is 1.33. The lowest BCUT2D eigenvalue weighted by Crippen LogP contribution is -2.29. The zero-order valence-corrected chi connectivity index (χ0v) is 5.35. The van der Waals surface area contributed by atoms with Crippen LogP contribution in [0.15, 0.2) is 16.6 Å². The van der Waals surface area contributed by atoms with Crippen LogP contribution in [-0.2, 0) is 0 Å². The molecule has 0 aromatic rings. The minimum absolute atomic E-state index is 0.923. The van der Waals surface area contributed by atoms with Gasteiger partial charge in [-0.2, -0.15) is 0 Å². The fraction of sp³-hybridized carbons (Fsp3) is 0.571. The summed E-state index contributed by atoms with van der Waals surface area (Å²) in [6, 6.07) is 0. The van der Waals surface area contributed by atoms with Crippen molar-refractivity contribution in [2.45, 2.75) is 6.42 Å². The van der Waals surface area contributed by atoms with Crippen LogP contribution in [0.25, 0.3) is 0 Å². The molecule has 2 heteroatoms. The average Bonchev–Trinajstić information content (AvgIpc) is 2.33. The number of hydrogen-bond donors (Lipinski definition) is 1. The summed E-state index contributed by atoms with van der Waals surface area (Å²) >= 11 is 0. The quantitative estimate of drug-likeness (QED) is 0.493. The highest BCUT2D eigenvalue weighted by atomic mass is 14.9. The van der Waals surface area contributed by atoms with E-state index in [-0.39, 0.29) is 0 Å². The Labute approximate surface area is 54.7 Å². The molecule has 2 aliphatic rings. The molecule has 0 aromatic carbocycles. The van der Waals surface area contributed by atoms with E-state index in [1.807, 2.05) is 0 Å². The maximum Gasteiger partial charge on any atom is 0.0580 e. The molecule has 48 valence electrons. The Morgan fingerprint density at radius 2 is 2.56 bits per heavy atom. The highest BCUT2D eigenvalue weighted by Crippen LogP contribution is 2.11. The van der Waals surface area contributed by atoms with Crippen LogP contribution in [0.5, 0.6) is 0 Å². The van der Waals surface area contributed by atoms with E-state index < -0.39 is 0 Å².